The van der Waals surface area contributed by atoms with Gasteiger partial charge in [0.2, 0.25) is 0 Å². The Morgan fingerprint density at radius 3 is 2.68 bits per heavy atom. The number of fused-ring (bicyclic) bond motifs is 1. The van der Waals surface area contributed by atoms with Crippen LogP contribution in [0.5, 0.6) is 0 Å². The molecule has 0 spiro atoms. The van der Waals surface area contributed by atoms with Gasteiger partial charge in [0, 0.05) is 50.6 Å². The molecule has 1 saturated heterocycles. The first-order valence-corrected chi connectivity index (χ1v) is 14.1. The van der Waals surface area contributed by atoms with E-state index < -0.39 is 11.7 Å². The Kier molecular flexibility index (Phi) is 8.32. The highest BCUT2D eigenvalue weighted by Crippen LogP contribution is 2.34. The molecule has 4 heterocycles. The summed E-state index contributed by atoms with van der Waals surface area (Å²) in [4.78, 5) is 20.9. The van der Waals surface area contributed by atoms with Crippen molar-refractivity contribution in [3.8, 4) is 17.1 Å². The van der Waals surface area contributed by atoms with Gasteiger partial charge in [-0.05, 0) is 52.7 Å². The Balaban J connectivity index is 1.38. The molecule has 1 aliphatic heterocycles. The van der Waals surface area contributed by atoms with Crippen LogP contribution in [-0.4, -0.2) is 76.4 Å². The average molecular weight is 562 g/mol. The summed E-state index contributed by atoms with van der Waals surface area (Å²) in [5.74, 6) is 1.11. The third kappa shape index (κ3) is 6.89. The number of carbonyl (C=O) groups excluding carboxylic acids is 1. The van der Waals surface area contributed by atoms with E-state index in [0.717, 1.165) is 30.0 Å². The van der Waals surface area contributed by atoms with Gasteiger partial charge in [-0.3, -0.25) is 0 Å². The molecule has 10 heteroatoms. The van der Waals surface area contributed by atoms with Gasteiger partial charge in [-0.15, -0.1) is 0 Å². The van der Waals surface area contributed by atoms with Crippen molar-refractivity contribution in [2.75, 3.05) is 44.8 Å². The zero-order valence-electron chi connectivity index (χ0n) is 24.5. The van der Waals surface area contributed by atoms with E-state index in [1.54, 1.807) is 17.8 Å². The normalized spacial score (nSPS) is 14.8. The van der Waals surface area contributed by atoms with Gasteiger partial charge < -0.3 is 28.8 Å². The van der Waals surface area contributed by atoms with Gasteiger partial charge in [-0.2, -0.15) is 5.10 Å². The summed E-state index contributed by atoms with van der Waals surface area (Å²) >= 11 is 0. The fraction of sp³-hybridized carbons (Fsp3) is 0.452. The number of hydrogen-bond donors (Lipinski definition) is 1. The van der Waals surface area contributed by atoms with Crippen molar-refractivity contribution in [3.63, 3.8) is 0 Å². The summed E-state index contributed by atoms with van der Waals surface area (Å²) in [5, 5.41) is 15.8. The van der Waals surface area contributed by atoms with E-state index in [9.17, 15) is 9.90 Å². The zero-order valence-corrected chi connectivity index (χ0v) is 24.5. The van der Waals surface area contributed by atoms with Crippen molar-refractivity contribution in [1.82, 2.24) is 19.7 Å². The number of rotatable bonds is 8. The second-order valence-electron chi connectivity index (χ2n) is 11.5. The van der Waals surface area contributed by atoms with Crippen molar-refractivity contribution in [2.45, 2.75) is 52.2 Å². The van der Waals surface area contributed by atoms with Gasteiger partial charge in [0.15, 0.2) is 11.4 Å². The fourth-order valence-corrected chi connectivity index (χ4v) is 4.84. The minimum absolute atomic E-state index is 0.383. The van der Waals surface area contributed by atoms with Crippen molar-refractivity contribution < 1.29 is 23.8 Å². The number of aliphatic hydroxyl groups excluding tert-OH is 1. The number of aromatic nitrogens is 3. The first kappa shape index (κ1) is 28.6. The second kappa shape index (κ2) is 11.9. The van der Waals surface area contributed by atoms with Gasteiger partial charge in [0.05, 0.1) is 24.6 Å². The highest BCUT2D eigenvalue weighted by molar-refractivity contribution is 5.88. The maximum atomic E-state index is 12.2. The van der Waals surface area contributed by atoms with E-state index in [0.29, 0.717) is 55.3 Å². The van der Waals surface area contributed by atoms with Crippen molar-refractivity contribution in [1.29, 1.82) is 0 Å². The molecular weight excluding hydrogens is 522 g/mol. The average Bonchev–Trinajstić information content (AvgIpc) is 3.60. The van der Waals surface area contributed by atoms with Crippen LogP contribution in [0.3, 0.4) is 0 Å². The third-order valence-corrected chi connectivity index (χ3v) is 6.96. The lowest BCUT2D eigenvalue weighted by molar-refractivity contribution is 0.0287. The molecule has 3 aromatic heterocycles. The zero-order chi connectivity index (χ0) is 29.1. The lowest BCUT2D eigenvalue weighted by atomic mass is 10.1. The van der Waals surface area contributed by atoms with Gasteiger partial charge >= 0.3 is 6.09 Å². The molecule has 1 fully saturated rings. The number of anilines is 1. The molecule has 41 heavy (non-hydrogen) atoms. The lowest BCUT2D eigenvalue weighted by Gasteiger charge is -2.29. The number of aliphatic hydroxyl groups is 1. The van der Waals surface area contributed by atoms with Crippen molar-refractivity contribution >= 4 is 22.9 Å². The van der Waals surface area contributed by atoms with E-state index in [1.165, 1.54) is 10.5 Å². The predicted octanol–water partition coefficient (Wildman–Crippen LogP) is 5.51. The number of carbonyl (C=O) groups is 1. The number of furan rings is 1. The Morgan fingerprint density at radius 1 is 1.17 bits per heavy atom. The summed E-state index contributed by atoms with van der Waals surface area (Å²) in [6.07, 6.45) is 1.69. The first-order chi connectivity index (χ1) is 19.6. The molecule has 10 nitrogen and oxygen atoms in total. The smallest absolute Gasteiger partial charge is 0.410 e. The summed E-state index contributed by atoms with van der Waals surface area (Å²) in [6.45, 7) is 10.7. The van der Waals surface area contributed by atoms with Crippen LogP contribution < -0.4 is 4.90 Å². The molecule has 1 N–H and O–H groups in total. The van der Waals surface area contributed by atoms with Crippen molar-refractivity contribution in [3.05, 3.63) is 60.0 Å². The van der Waals surface area contributed by atoms with Gasteiger partial charge in [0.25, 0.3) is 0 Å². The van der Waals surface area contributed by atoms with Crippen molar-refractivity contribution in [2.24, 2.45) is 0 Å². The highest BCUT2D eigenvalue weighted by Gasteiger charge is 2.23. The molecule has 1 atom stereocenters. The second-order valence-corrected chi connectivity index (χ2v) is 11.5. The van der Waals surface area contributed by atoms with E-state index >= 15 is 0 Å². The minimum atomic E-state index is -0.838. The molecule has 1 unspecified atom stereocenters. The maximum absolute atomic E-state index is 12.2. The Morgan fingerprint density at radius 2 is 1.95 bits per heavy atom. The SMILES string of the molecule is Cc1cccc(-c2ccn(-c3cc(N4CCOCC4)c4oc(C(O)CCCN(C)C(=O)OC(C)(C)C)cc4n3)n2)c1. The largest absolute Gasteiger partial charge is 0.454 e. The van der Waals surface area contributed by atoms with Crippen LogP contribution in [0.1, 0.15) is 51.0 Å². The number of aryl methyl sites for hydroxylation is 1. The monoisotopic (exact) mass is 561 g/mol. The van der Waals surface area contributed by atoms with Crippen LogP contribution in [0.25, 0.3) is 28.2 Å². The van der Waals surface area contributed by atoms with Crippen LogP contribution in [0.15, 0.2) is 53.1 Å². The van der Waals surface area contributed by atoms with Gasteiger partial charge in [0.1, 0.15) is 23.0 Å². The summed E-state index contributed by atoms with van der Waals surface area (Å²) in [6, 6.07) is 14.0. The van der Waals surface area contributed by atoms with Crippen LogP contribution in [0.2, 0.25) is 0 Å². The van der Waals surface area contributed by atoms with Crippen LogP contribution in [0.4, 0.5) is 10.5 Å². The molecular formula is C31H39N5O5. The number of ether oxygens (including phenoxy) is 2. The van der Waals surface area contributed by atoms with E-state index in [1.807, 2.05) is 51.2 Å². The third-order valence-electron chi connectivity index (χ3n) is 6.96. The molecule has 0 radical (unpaired) electrons. The Hall–Kier alpha value is -3.89. The molecule has 5 rings (SSSR count). The summed E-state index contributed by atoms with van der Waals surface area (Å²) in [7, 11) is 1.70. The quantitative estimate of drug-likeness (QED) is 0.300. The number of pyridine rings is 1. The predicted molar refractivity (Wildman–Crippen MR) is 157 cm³/mol. The molecule has 0 saturated carbocycles. The number of benzene rings is 1. The standard InChI is InChI=1S/C31H39N5O5/c1-21-8-6-9-22(18-21)23-11-13-36(33-23)28-20-25(35-14-16-39-17-15-35)29-24(32-28)19-27(40-29)26(37)10-7-12-34(5)30(38)41-31(2,3)4/h6,8-9,11,13,18-20,26,37H,7,10,12,14-17H2,1-5H3. The Labute approximate surface area is 240 Å². The van der Waals surface area contributed by atoms with Gasteiger partial charge in [-0.25, -0.2) is 14.5 Å². The summed E-state index contributed by atoms with van der Waals surface area (Å²) in [5.41, 5.74) is 4.70. The fourth-order valence-electron chi connectivity index (χ4n) is 4.84. The topological polar surface area (TPSA) is 106 Å². The number of nitrogens with zero attached hydrogens (tertiary/aromatic N) is 5. The van der Waals surface area contributed by atoms with Crippen LogP contribution in [-0.2, 0) is 9.47 Å². The molecule has 218 valence electrons. The van der Waals surface area contributed by atoms with E-state index in [2.05, 4.69) is 24.0 Å². The molecule has 1 aliphatic rings. The number of amides is 1. The van der Waals surface area contributed by atoms with Crippen LogP contribution in [0, 0.1) is 6.92 Å². The minimum Gasteiger partial charge on any atom is -0.454 e. The molecule has 0 aliphatic carbocycles. The number of hydrogen-bond acceptors (Lipinski definition) is 8. The number of morpholine rings is 1. The highest BCUT2D eigenvalue weighted by atomic mass is 16.6. The molecule has 1 aromatic carbocycles. The van der Waals surface area contributed by atoms with E-state index in [4.69, 9.17) is 24.0 Å². The molecule has 1 amide bonds. The maximum Gasteiger partial charge on any atom is 0.410 e. The van der Waals surface area contributed by atoms with E-state index in [-0.39, 0.29) is 6.09 Å². The Bertz CT molecular complexity index is 1500. The first-order valence-electron chi connectivity index (χ1n) is 14.1. The molecule has 0 bridgehead atoms. The van der Waals surface area contributed by atoms with Crippen LogP contribution >= 0.6 is 0 Å². The van der Waals surface area contributed by atoms with Gasteiger partial charge in [-0.1, -0.05) is 23.8 Å². The molecule has 4 aromatic rings. The summed E-state index contributed by atoms with van der Waals surface area (Å²) < 4.78 is 19.0. The lowest BCUT2D eigenvalue weighted by Crippen LogP contribution is -2.36.